The van der Waals surface area contributed by atoms with Crippen LogP contribution in [0.3, 0.4) is 0 Å². The van der Waals surface area contributed by atoms with Crippen LogP contribution >= 0.6 is 0 Å². The van der Waals surface area contributed by atoms with Gasteiger partial charge in [-0.1, -0.05) is 0 Å². The molecule has 1 saturated carbocycles. The molecule has 0 spiro atoms. The molecule has 0 unspecified atom stereocenters. The molecule has 2 fully saturated rings. The van der Waals surface area contributed by atoms with E-state index < -0.39 is 0 Å². The number of ether oxygens (including phenoxy) is 1. The second-order valence-corrected chi connectivity index (χ2v) is 5.31. The first-order chi connectivity index (χ1) is 9.69. The van der Waals surface area contributed by atoms with Gasteiger partial charge in [-0.15, -0.1) is 0 Å². The predicted octanol–water partition coefficient (Wildman–Crippen LogP) is 1.33. The lowest BCUT2D eigenvalue weighted by molar-refractivity contribution is -0.118. The number of anilines is 1. The largest absolute Gasteiger partial charge is 0.465 e. The van der Waals surface area contributed by atoms with Crippen molar-refractivity contribution in [2.24, 2.45) is 0 Å². The molecular formula is C15H18N2O3. The second kappa shape index (κ2) is 5.25. The first-order valence-corrected chi connectivity index (χ1v) is 6.95. The number of amides is 1. The van der Waals surface area contributed by atoms with Gasteiger partial charge < -0.3 is 15.0 Å². The van der Waals surface area contributed by atoms with Crippen molar-refractivity contribution in [3.8, 4) is 0 Å². The fraction of sp³-hybridized carbons (Fsp3) is 0.467. The maximum Gasteiger partial charge on any atom is 0.337 e. The first kappa shape index (κ1) is 13.1. The number of hydrogen-bond donors (Lipinski definition) is 1. The lowest BCUT2D eigenvalue weighted by Gasteiger charge is -2.17. The zero-order valence-electron chi connectivity index (χ0n) is 11.5. The summed E-state index contributed by atoms with van der Waals surface area (Å²) in [4.78, 5) is 25.5. The Morgan fingerprint density at radius 2 is 1.95 bits per heavy atom. The average molecular weight is 274 g/mol. The number of carbonyl (C=O) groups is 2. The predicted molar refractivity (Wildman–Crippen MR) is 74.7 cm³/mol. The van der Waals surface area contributed by atoms with Gasteiger partial charge in [0, 0.05) is 18.3 Å². The topological polar surface area (TPSA) is 58.6 Å². The summed E-state index contributed by atoms with van der Waals surface area (Å²) >= 11 is 0. The highest BCUT2D eigenvalue weighted by atomic mass is 16.5. The fourth-order valence-corrected chi connectivity index (χ4v) is 2.52. The van der Waals surface area contributed by atoms with Crippen LogP contribution in [0.1, 0.15) is 29.6 Å². The summed E-state index contributed by atoms with van der Waals surface area (Å²) in [5.74, 6) is -0.236. The van der Waals surface area contributed by atoms with Crippen molar-refractivity contribution in [2.75, 3.05) is 18.6 Å². The minimum absolute atomic E-state index is 0.0530. The van der Waals surface area contributed by atoms with E-state index in [2.05, 4.69) is 10.1 Å². The van der Waals surface area contributed by atoms with E-state index in [1.807, 2.05) is 0 Å². The van der Waals surface area contributed by atoms with Gasteiger partial charge in [-0.25, -0.2) is 4.79 Å². The minimum Gasteiger partial charge on any atom is -0.465 e. The second-order valence-electron chi connectivity index (χ2n) is 5.31. The van der Waals surface area contributed by atoms with Crippen molar-refractivity contribution in [1.82, 2.24) is 5.32 Å². The summed E-state index contributed by atoms with van der Waals surface area (Å²) in [6.07, 6.45) is 3.20. The van der Waals surface area contributed by atoms with Crippen LogP contribution in [0.4, 0.5) is 5.69 Å². The highest BCUT2D eigenvalue weighted by molar-refractivity contribution is 6.00. The third-order valence-corrected chi connectivity index (χ3v) is 3.82. The van der Waals surface area contributed by atoms with E-state index in [0.29, 0.717) is 11.6 Å². The zero-order valence-corrected chi connectivity index (χ0v) is 11.5. The summed E-state index contributed by atoms with van der Waals surface area (Å²) in [6.45, 7) is 0.723. The molecule has 1 aromatic rings. The number of methoxy groups -OCH3 is 1. The summed E-state index contributed by atoms with van der Waals surface area (Å²) < 4.78 is 4.66. The first-order valence-electron chi connectivity index (χ1n) is 6.95. The van der Waals surface area contributed by atoms with Crippen LogP contribution in [-0.2, 0) is 9.53 Å². The lowest BCUT2D eigenvalue weighted by Crippen LogP contribution is -2.39. The van der Waals surface area contributed by atoms with Gasteiger partial charge in [0.05, 0.1) is 18.7 Å². The van der Waals surface area contributed by atoms with Gasteiger partial charge in [0.15, 0.2) is 0 Å². The van der Waals surface area contributed by atoms with Crippen molar-refractivity contribution in [2.45, 2.75) is 31.3 Å². The van der Waals surface area contributed by atoms with Gasteiger partial charge in [-0.05, 0) is 43.5 Å². The zero-order chi connectivity index (χ0) is 14.1. The molecular weight excluding hydrogens is 256 g/mol. The molecule has 0 aromatic heterocycles. The molecule has 0 bridgehead atoms. The summed E-state index contributed by atoms with van der Waals surface area (Å²) in [5, 5.41) is 3.38. The normalized spacial score (nSPS) is 22.1. The van der Waals surface area contributed by atoms with Crippen molar-refractivity contribution < 1.29 is 14.3 Å². The molecule has 2 aliphatic rings. The molecule has 1 saturated heterocycles. The highest BCUT2D eigenvalue weighted by Crippen LogP contribution is 2.26. The number of carbonyl (C=O) groups excluding carboxylic acids is 2. The van der Waals surface area contributed by atoms with E-state index in [1.165, 1.54) is 20.0 Å². The Hall–Kier alpha value is -1.88. The van der Waals surface area contributed by atoms with Gasteiger partial charge in [0.25, 0.3) is 0 Å². The molecule has 106 valence electrons. The number of nitrogens with one attached hydrogen (secondary N) is 1. The Balaban J connectivity index is 1.69. The molecule has 1 aliphatic carbocycles. The number of rotatable bonds is 4. The Labute approximate surface area is 117 Å². The van der Waals surface area contributed by atoms with Gasteiger partial charge in [-0.3, -0.25) is 4.79 Å². The molecule has 0 radical (unpaired) electrons. The van der Waals surface area contributed by atoms with Crippen LogP contribution in [-0.4, -0.2) is 37.6 Å². The minimum atomic E-state index is -0.363. The molecule has 5 nitrogen and oxygen atoms in total. The van der Waals surface area contributed by atoms with Gasteiger partial charge in [-0.2, -0.15) is 0 Å². The molecule has 1 aliphatic heterocycles. The van der Waals surface area contributed by atoms with Crippen molar-refractivity contribution in [3.63, 3.8) is 0 Å². The fourth-order valence-electron chi connectivity index (χ4n) is 2.52. The summed E-state index contributed by atoms with van der Waals surface area (Å²) in [6, 6.07) is 7.45. The molecule has 5 heteroatoms. The van der Waals surface area contributed by atoms with Crippen LogP contribution in [0, 0.1) is 0 Å². The third-order valence-electron chi connectivity index (χ3n) is 3.82. The molecule has 1 N–H and O–H groups in total. The lowest BCUT2D eigenvalue weighted by atomic mass is 10.2. The van der Waals surface area contributed by atoms with E-state index in [4.69, 9.17) is 0 Å². The molecule has 3 rings (SSSR count). The Morgan fingerprint density at radius 1 is 1.25 bits per heavy atom. The van der Waals surface area contributed by atoms with E-state index in [9.17, 15) is 9.59 Å². The Bertz CT molecular complexity index is 522. The SMILES string of the molecule is COC(=O)c1ccc(N2CC[C@H](NC3CC3)C2=O)cc1. The van der Waals surface area contributed by atoms with Gasteiger partial charge in [0.2, 0.25) is 5.91 Å². The molecule has 20 heavy (non-hydrogen) atoms. The van der Waals surface area contributed by atoms with E-state index >= 15 is 0 Å². The number of benzene rings is 1. The third kappa shape index (κ3) is 2.54. The van der Waals surface area contributed by atoms with Gasteiger partial charge in [0.1, 0.15) is 0 Å². The van der Waals surface area contributed by atoms with E-state index in [1.54, 1.807) is 29.2 Å². The quantitative estimate of drug-likeness (QED) is 0.842. The summed E-state index contributed by atoms with van der Waals surface area (Å²) in [7, 11) is 1.36. The van der Waals surface area contributed by atoms with Crippen LogP contribution in [0.15, 0.2) is 24.3 Å². The highest BCUT2D eigenvalue weighted by Gasteiger charge is 2.36. The number of nitrogens with zero attached hydrogens (tertiary/aromatic N) is 1. The van der Waals surface area contributed by atoms with Crippen molar-refractivity contribution >= 4 is 17.6 Å². The molecule has 1 heterocycles. The van der Waals surface area contributed by atoms with Crippen molar-refractivity contribution in [3.05, 3.63) is 29.8 Å². The monoisotopic (exact) mass is 274 g/mol. The number of esters is 1. The molecule has 1 aromatic carbocycles. The Kier molecular flexibility index (Phi) is 3.44. The maximum atomic E-state index is 12.3. The van der Waals surface area contributed by atoms with Gasteiger partial charge >= 0.3 is 5.97 Å². The summed E-state index contributed by atoms with van der Waals surface area (Å²) in [5.41, 5.74) is 1.33. The average Bonchev–Trinajstić information content (AvgIpc) is 3.23. The maximum absolute atomic E-state index is 12.3. The van der Waals surface area contributed by atoms with Crippen LogP contribution in [0.2, 0.25) is 0 Å². The van der Waals surface area contributed by atoms with E-state index in [0.717, 1.165) is 18.7 Å². The molecule has 1 atom stereocenters. The standard InChI is InChI=1S/C15H18N2O3/c1-20-15(19)10-2-6-12(7-3-10)17-9-8-13(14(17)18)16-11-4-5-11/h2-3,6-7,11,13,16H,4-5,8-9H2,1H3/t13-/m0/s1. The Morgan fingerprint density at radius 3 is 2.55 bits per heavy atom. The number of hydrogen-bond acceptors (Lipinski definition) is 4. The van der Waals surface area contributed by atoms with Crippen LogP contribution in [0.5, 0.6) is 0 Å². The van der Waals surface area contributed by atoms with Crippen molar-refractivity contribution in [1.29, 1.82) is 0 Å². The van der Waals surface area contributed by atoms with Crippen LogP contribution < -0.4 is 10.2 Å². The molecule has 1 amide bonds. The van der Waals surface area contributed by atoms with Crippen LogP contribution in [0.25, 0.3) is 0 Å². The smallest absolute Gasteiger partial charge is 0.337 e. The van der Waals surface area contributed by atoms with E-state index in [-0.39, 0.29) is 17.9 Å².